The van der Waals surface area contributed by atoms with E-state index >= 15 is 4.79 Å². The van der Waals surface area contributed by atoms with Crippen LogP contribution >= 0.6 is 0 Å². The van der Waals surface area contributed by atoms with Crippen molar-refractivity contribution >= 4 is 47.5 Å². The van der Waals surface area contributed by atoms with Gasteiger partial charge in [0.2, 0.25) is 0 Å². The average molecular weight is 983 g/mol. The molecule has 1 amide bonds. The maximum atomic E-state index is 16.1. The molecule has 71 heavy (non-hydrogen) atoms. The zero-order chi connectivity index (χ0) is 51.8. The first-order valence-corrected chi connectivity index (χ1v) is 23.1. The Hall–Kier alpha value is -6.80. The van der Waals surface area contributed by atoms with Crippen molar-refractivity contribution in [1.82, 2.24) is 10.2 Å². The number of ketones is 1. The summed E-state index contributed by atoms with van der Waals surface area (Å²) in [6.45, 7) is 6.50. The summed E-state index contributed by atoms with van der Waals surface area (Å²) in [7, 11) is 1.36. The van der Waals surface area contributed by atoms with Crippen LogP contribution in [0, 0.1) is 16.7 Å². The molecule has 3 aliphatic carbocycles. The summed E-state index contributed by atoms with van der Waals surface area (Å²) in [5.41, 5.74) is -7.86. The second-order valence-electron chi connectivity index (χ2n) is 19.4. The number of benzene rings is 3. The molecule has 4 aliphatic rings. The highest BCUT2D eigenvalue weighted by atomic mass is 16.6. The predicted octanol–water partition coefficient (Wildman–Crippen LogP) is 3.30. The molecule has 0 spiro atoms. The number of carbonyl (C=O) groups excluding carboxylic acids is 7. The lowest BCUT2D eigenvalue weighted by atomic mass is 9.44. The van der Waals surface area contributed by atoms with Gasteiger partial charge in [-0.05, 0) is 61.9 Å². The Morgan fingerprint density at radius 2 is 1.41 bits per heavy atom. The maximum Gasteiger partial charge on any atom is 0.338 e. The average Bonchev–Trinajstić information content (AvgIpc) is 3.31. The molecule has 19 heteroatoms. The summed E-state index contributed by atoms with van der Waals surface area (Å²) < 4.78 is 36.9. The predicted molar refractivity (Wildman–Crippen MR) is 247 cm³/mol. The van der Waals surface area contributed by atoms with E-state index in [1.807, 2.05) is 0 Å². The Balaban J connectivity index is 1.41. The number of amides is 1. The van der Waals surface area contributed by atoms with Crippen LogP contribution in [0.25, 0.3) is 0 Å². The van der Waals surface area contributed by atoms with E-state index in [1.54, 1.807) is 78.9 Å². The van der Waals surface area contributed by atoms with Gasteiger partial charge in [0.05, 0.1) is 42.6 Å². The lowest BCUT2D eigenvalue weighted by Crippen LogP contribution is -2.82. The number of aliphatic carboxylic acids is 1. The standard InChI is InChI=1S/C52H58N2O17/c1-28-34(68-48(64)41(60)40(31-17-11-8-12-18-31)53-46(62)32-19-13-9-14-20-32)24-52(65)45(70-47(63)33-21-15-10-16-22-33)43-50(6,44(61)42(67-29(2)55)39(28)49(52,4)5)35(69-38(59)26-54(7)25-37(57)58)23-36-51(43,27-66-36)71-30(3)56/h8-22,34-36,40-43,45,60,65H,23-27H2,1-7H3,(H,53,62)(H,57,58)/t34-,35-,36+,40-,41+,42+,43-,45-,50+,51-,52+/m0/s1. The second kappa shape index (κ2) is 20.1. The number of aliphatic hydroxyl groups excluding tert-OH is 1. The molecule has 1 saturated heterocycles. The molecule has 2 bridgehead atoms. The quantitative estimate of drug-likeness (QED) is 0.0967. The van der Waals surface area contributed by atoms with Crippen LogP contribution in [-0.4, -0.2) is 142 Å². The summed E-state index contributed by atoms with van der Waals surface area (Å²) in [6.07, 6.45) is -11.3. The summed E-state index contributed by atoms with van der Waals surface area (Å²) in [6, 6.07) is 22.5. The number of likely N-dealkylation sites (N-methyl/N-ethyl adjacent to an activating group) is 1. The van der Waals surface area contributed by atoms with Crippen molar-refractivity contribution in [2.45, 2.75) is 108 Å². The molecular formula is C52H58N2O17. The lowest BCUT2D eigenvalue weighted by Gasteiger charge is -2.67. The van der Waals surface area contributed by atoms with Gasteiger partial charge in [0, 0.05) is 37.7 Å². The highest BCUT2D eigenvalue weighted by molar-refractivity contribution is 5.96. The topological polar surface area (TPSA) is 268 Å². The van der Waals surface area contributed by atoms with Crippen molar-refractivity contribution in [1.29, 1.82) is 0 Å². The Kier molecular flexibility index (Phi) is 14.8. The molecule has 0 unspecified atom stereocenters. The molecule has 3 aromatic rings. The molecule has 378 valence electrons. The van der Waals surface area contributed by atoms with E-state index in [1.165, 1.54) is 46.9 Å². The van der Waals surface area contributed by atoms with E-state index in [2.05, 4.69) is 5.32 Å². The number of ether oxygens (including phenoxy) is 6. The zero-order valence-electron chi connectivity index (χ0n) is 40.3. The Bertz CT molecular complexity index is 2600. The largest absolute Gasteiger partial charge is 0.480 e. The van der Waals surface area contributed by atoms with Crippen LogP contribution in [0.4, 0.5) is 0 Å². The SMILES string of the molecule is CC(=O)O[C@H]1C(=O)[C@]2(C)[C@@H](OC(=O)CN(C)CC(=O)O)C[C@H]3OC[C@@]3(OC(C)=O)[C@H]2[C@H](OC(=O)c2ccccc2)[C@]2(O)C[C@H](OC(=O)[C@H](O)[C@@H](NC(=O)c3ccccc3)c3ccccc3)C(C)=C1C2(C)C. The minimum atomic E-state index is -2.52. The summed E-state index contributed by atoms with van der Waals surface area (Å²) in [4.78, 5) is 112. The van der Waals surface area contributed by atoms with Gasteiger partial charge in [-0.3, -0.25) is 33.7 Å². The smallest absolute Gasteiger partial charge is 0.338 e. The molecule has 1 aliphatic heterocycles. The van der Waals surface area contributed by atoms with Gasteiger partial charge in [0.1, 0.15) is 30.0 Å². The number of hydrogen-bond donors (Lipinski definition) is 4. The van der Waals surface area contributed by atoms with Crippen molar-refractivity contribution in [3.05, 3.63) is 119 Å². The number of Topliss-reactive ketones (excluding diaryl/α,β-unsaturated/α-hetero) is 1. The zero-order valence-corrected chi connectivity index (χ0v) is 40.3. The van der Waals surface area contributed by atoms with E-state index in [4.69, 9.17) is 28.4 Å². The molecule has 4 N–H and O–H groups in total. The number of esters is 5. The molecular weight excluding hydrogens is 925 g/mol. The number of carboxylic acids is 1. The Morgan fingerprint density at radius 1 is 0.817 bits per heavy atom. The summed E-state index contributed by atoms with van der Waals surface area (Å²) in [5, 5.41) is 38.0. The number of nitrogens with one attached hydrogen (secondary N) is 1. The number of rotatable bonds is 15. The normalized spacial score (nSPS) is 29.2. The van der Waals surface area contributed by atoms with Crippen LogP contribution in [0.15, 0.2) is 102 Å². The fourth-order valence-corrected chi connectivity index (χ4v) is 11.0. The first-order valence-electron chi connectivity index (χ1n) is 23.1. The minimum Gasteiger partial charge on any atom is -0.480 e. The molecule has 3 aromatic carbocycles. The Labute approximate surface area is 409 Å². The third-order valence-electron chi connectivity index (χ3n) is 14.5. The first-order chi connectivity index (χ1) is 33.5. The van der Waals surface area contributed by atoms with Crippen LogP contribution in [0.3, 0.4) is 0 Å². The number of fused-ring (bicyclic) bond motifs is 5. The number of hydrogen-bond acceptors (Lipinski definition) is 17. The van der Waals surface area contributed by atoms with Crippen LogP contribution < -0.4 is 5.32 Å². The summed E-state index contributed by atoms with van der Waals surface area (Å²) in [5.74, 6) is -9.62. The lowest BCUT2D eigenvalue weighted by molar-refractivity contribution is -0.346. The van der Waals surface area contributed by atoms with Gasteiger partial charge in [-0.25, -0.2) is 9.59 Å². The minimum absolute atomic E-state index is 0.00310. The van der Waals surface area contributed by atoms with Gasteiger partial charge in [-0.15, -0.1) is 0 Å². The van der Waals surface area contributed by atoms with Crippen LogP contribution in [-0.2, 0) is 57.2 Å². The highest BCUT2D eigenvalue weighted by Gasteiger charge is 2.79. The van der Waals surface area contributed by atoms with Gasteiger partial charge in [0.25, 0.3) is 5.91 Å². The van der Waals surface area contributed by atoms with Crippen LogP contribution in [0.1, 0.15) is 86.7 Å². The van der Waals surface area contributed by atoms with Gasteiger partial charge in [-0.1, -0.05) is 80.6 Å². The molecule has 7 rings (SSSR count). The van der Waals surface area contributed by atoms with Crippen LogP contribution in [0.5, 0.6) is 0 Å². The fraction of sp³-hybridized carbons (Fsp3) is 0.462. The van der Waals surface area contributed by atoms with Gasteiger partial charge in [0.15, 0.2) is 23.6 Å². The monoisotopic (exact) mass is 982 g/mol. The van der Waals surface area contributed by atoms with Gasteiger partial charge < -0.3 is 49.1 Å². The van der Waals surface area contributed by atoms with E-state index in [-0.39, 0.29) is 28.7 Å². The van der Waals surface area contributed by atoms with Gasteiger partial charge in [-0.2, -0.15) is 0 Å². The molecule has 2 saturated carbocycles. The summed E-state index contributed by atoms with van der Waals surface area (Å²) >= 11 is 0. The Morgan fingerprint density at radius 3 is 1.96 bits per heavy atom. The highest BCUT2D eigenvalue weighted by Crippen LogP contribution is 2.65. The molecule has 0 aromatic heterocycles. The van der Waals surface area contributed by atoms with E-state index in [9.17, 15) is 48.9 Å². The van der Waals surface area contributed by atoms with Crippen molar-refractivity contribution in [3.8, 4) is 0 Å². The number of nitrogens with zero attached hydrogens (tertiary/aromatic N) is 1. The molecule has 0 radical (unpaired) electrons. The van der Waals surface area contributed by atoms with Crippen molar-refractivity contribution < 1.29 is 82.1 Å². The molecule has 3 fully saturated rings. The van der Waals surface area contributed by atoms with E-state index in [0.717, 1.165) is 18.7 Å². The van der Waals surface area contributed by atoms with E-state index in [0.29, 0.717) is 5.56 Å². The third kappa shape index (κ3) is 9.70. The molecule has 1 heterocycles. The van der Waals surface area contributed by atoms with Crippen LogP contribution in [0.2, 0.25) is 0 Å². The fourth-order valence-electron chi connectivity index (χ4n) is 11.0. The third-order valence-corrected chi connectivity index (χ3v) is 14.5. The van der Waals surface area contributed by atoms with Crippen molar-refractivity contribution in [3.63, 3.8) is 0 Å². The molecule has 19 nitrogen and oxygen atoms in total. The van der Waals surface area contributed by atoms with Gasteiger partial charge >= 0.3 is 35.8 Å². The number of carboxylic acid groups (broad SMARTS) is 1. The van der Waals surface area contributed by atoms with Crippen molar-refractivity contribution in [2.75, 3.05) is 26.7 Å². The first kappa shape index (κ1) is 52.0. The molecule has 11 atom stereocenters. The number of carbonyl (C=O) groups is 8. The van der Waals surface area contributed by atoms with Crippen molar-refractivity contribution in [2.24, 2.45) is 16.7 Å². The van der Waals surface area contributed by atoms with E-state index < -0.39 is 144 Å². The number of aliphatic hydroxyl groups is 2. The second-order valence-corrected chi connectivity index (χ2v) is 19.4. The maximum absolute atomic E-state index is 16.1.